The second-order valence-electron chi connectivity index (χ2n) is 4.29. The first kappa shape index (κ1) is 14.6. The number of hydrogen-bond donors (Lipinski definition) is 1. The molecule has 0 saturated carbocycles. The van der Waals surface area contributed by atoms with Crippen molar-refractivity contribution in [3.05, 3.63) is 0 Å². The first-order chi connectivity index (χ1) is 8.65. The Morgan fingerprint density at radius 2 is 1.61 bits per heavy atom. The van der Waals surface area contributed by atoms with Crippen molar-refractivity contribution in [2.75, 3.05) is 6.61 Å². The number of carbonyl (C=O) groups is 3. The van der Waals surface area contributed by atoms with Crippen molar-refractivity contribution in [3.63, 3.8) is 0 Å². The van der Waals surface area contributed by atoms with Gasteiger partial charge in [-0.2, -0.15) is 0 Å². The largest absolute Gasteiger partial charge is 0.396 e. The van der Waals surface area contributed by atoms with E-state index >= 15 is 0 Å². The van der Waals surface area contributed by atoms with E-state index in [1.165, 1.54) is 0 Å². The van der Waals surface area contributed by atoms with Gasteiger partial charge >= 0.3 is 5.97 Å². The van der Waals surface area contributed by atoms with Crippen LogP contribution < -0.4 is 0 Å². The zero-order valence-electron chi connectivity index (χ0n) is 10.4. The predicted molar refractivity (Wildman–Crippen MR) is 62.0 cm³/mol. The summed E-state index contributed by atoms with van der Waals surface area (Å²) in [5, 5.41) is 9.15. The fourth-order valence-electron chi connectivity index (χ4n) is 1.72. The quantitative estimate of drug-likeness (QED) is 0.516. The van der Waals surface area contributed by atoms with Gasteiger partial charge in [-0.05, 0) is 12.8 Å². The summed E-state index contributed by atoms with van der Waals surface area (Å²) in [6.45, 7) is 0.196. The third kappa shape index (κ3) is 4.83. The van der Waals surface area contributed by atoms with E-state index in [0.717, 1.165) is 25.7 Å². The number of rotatable bonds is 8. The monoisotopic (exact) mass is 257 g/mol. The molecule has 0 bridgehead atoms. The molecule has 1 rings (SSSR count). The highest BCUT2D eigenvalue weighted by Crippen LogP contribution is 2.13. The highest BCUT2D eigenvalue weighted by Gasteiger charge is 2.32. The number of unbranched alkanes of at least 4 members (excludes halogenated alkanes) is 4. The van der Waals surface area contributed by atoms with Crippen LogP contribution in [-0.4, -0.2) is 34.6 Å². The van der Waals surface area contributed by atoms with E-state index in [4.69, 9.17) is 9.94 Å². The Balaban J connectivity index is 2.10. The summed E-state index contributed by atoms with van der Waals surface area (Å²) in [5.41, 5.74) is 0. The Labute approximate surface area is 106 Å². The molecule has 102 valence electrons. The third-order valence-electron chi connectivity index (χ3n) is 2.74. The van der Waals surface area contributed by atoms with Crippen LogP contribution in [-0.2, 0) is 19.2 Å². The van der Waals surface area contributed by atoms with Gasteiger partial charge in [-0.3, -0.25) is 9.59 Å². The first-order valence-corrected chi connectivity index (χ1v) is 6.32. The van der Waals surface area contributed by atoms with E-state index < -0.39 is 17.8 Å². The molecule has 1 aliphatic heterocycles. The number of aliphatic hydroxyl groups is 1. The number of aliphatic hydroxyl groups excluding tert-OH is 1. The molecule has 1 heterocycles. The fraction of sp³-hybridized carbons (Fsp3) is 0.750. The van der Waals surface area contributed by atoms with Crippen molar-refractivity contribution in [1.82, 2.24) is 5.06 Å². The Bertz CT molecular complexity index is 300. The van der Waals surface area contributed by atoms with Crippen LogP contribution in [0.4, 0.5) is 0 Å². The van der Waals surface area contributed by atoms with E-state index in [-0.39, 0.29) is 25.9 Å². The molecule has 6 nitrogen and oxygen atoms in total. The van der Waals surface area contributed by atoms with Crippen LogP contribution in [0.3, 0.4) is 0 Å². The minimum atomic E-state index is -0.541. The van der Waals surface area contributed by atoms with Crippen LogP contribution >= 0.6 is 0 Å². The van der Waals surface area contributed by atoms with Crippen LogP contribution in [0.1, 0.15) is 51.4 Å². The molecule has 0 aromatic heterocycles. The normalized spacial score (nSPS) is 15.3. The number of carbonyl (C=O) groups excluding carboxylic acids is 3. The molecule has 1 aliphatic rings. The summed E-state index contributed by atoms with van der Waals surface area (Å²) in [6.07, 6.45) is 4.65. The second-order valence-corrected chi connectivity index (χ2v) is 4.29. The molecule has 0 atom stereocenters. The topological polar surface area (TPSA) is 83.9 Å². The van der Waals surface area contributed by atoms with Crippen LogP contribution in [0.25, 0.3) is 0 Å². The minimum Gasteiger partial charge on any atom is -0.396 e. The highest BCUT2D eigenvalue weighted by molar-refractivity contribution is 6.01. The van der Waals surface area contributed by atoms with Gasteiger partial charge in [-0.1, -0.05) is 19.3 Å². The van der Waals surface area contributed by atoms with Crippen LogP contribution in [0.15, 0.2) is 0 Å². The number of imide groups is 1. The lowest BCUT2D eigenvalue weighted by Gasteiger charge is -2.12. The van der Waals surface area contributed by atoms with Gasteiger partial charge in [-0.15, -0.1) is 5.06 Å². The van der Waals surface area contributed by atoms with Gasteiger partial charge in [0.2, 0.25) is 0 Å². The van der Waals surface area contributed by atoms with Gasteiger partial charge < -0.3 is 9.94 Å². The first-order valence-electron chi connectivity index (χ1n) is 6.32. The summed E-state index contributed by atoms with van der Waals surface area (Å²) in [4.78, 5) is 38.4. The summed E-state index contributed by atoms with van der Waals surface area (Å²) >= 11 is 0. The van der Waals surface area contributed by atoms with E-state index in [2.05, 4.69) is 0 Å². The molecule has 1 fully saturated rings. The van der Waals surface area contributed by atoms with Crippen molar-refractivity contribution in [3.8, 4) is 0 Å². The summed E-state index contributed by atoms with van der Waals surface area (Å²) in [7, 11) is 0. The van der Waals surface area contributed by atoms with E-state index in [9.17, 15) is 14.4 Å². The van der Waals surface area contributed by atoms with Crippen LogP contribution in [0.5, 0.6) is 0 Å². The number of nitrogens with zero attached hydrogens (tertiary/aromatic N) is 1. The summed E-state index contributed by atoms with van der Waals surface area (Å²) < 4.78 is 0. The molecule has 0 aromatic carbocycles. The average molecular weight is 257 g/mol. The molecule has 2 amide bonds. The lowest BCUT2D eigenvalue weighted by molar-refractivity contribution is -0.197. The van der Waals surface area contributed by atoms with Crippen molar-refractivity contribution in [2.45, 2.75) is 51.4 Å². The minimum absolute atomic E-state index is 0.118. The van der Waals surface area contributed by atoms with E-state index in [0.29, 0.717) is 11.5 Å². The maximum absolute atomic E-state index is 11.4. The molecule has 1 N–H and O–H groups in total. The van der Waals surface area contributed by atoms with Gasteiger partial charge in [-0.25, -0.2) is 4.79 Å². The Morgan fingerprint density at radius 3 is 2.22 bits per heavy atom. The number of hydroxylamine groups is 2. The molecule has 0 aliphatic carbocycles. The maximum atomic E-state index is 11.4. The Hall–Kier alpha value is -1.43. The van der Waals surface area contributed by atoms with Gasteiger partial charge in [0.1, 0.15) is 0 Å². The number of hydrogen-bond acceptors (Lipinski definition) is 5. The van der Waals surface area contributed by atoms with E-state index in [1.807, 2.05) is 0 Å². The molecule has 0 spiro atoms. The smallest absolute Gasteiger partial charge is 0.333 e. The Morgan fingerprint density at radius 1 is 1.06 bits per heavy atom. The SMILES string of the molecule is O=C(CCCCCCCO)ON1C(=O)CCC1=O. The van der Waals surface area contributed by atoms with Gasteiger partial charge in [0.25, 0.3) is 11.8 Å². The Kier molecular flexibility index (Phi) is 6.35. The average Bonchev–Trinajstić information content (AvgIpc) is 2.65. The third-order valence-corrected chi connectivity index (χ3v) is 2.74. The zero-order valence-corrected chi connectivity index (χ0v) is 10.4. The molecular formula is C12H19NO5. The maximum Gasteiger partial charge on any atom is 0.333 e. The van der Waals surface area contributed by atoms with Gasteiger partial charge in [0.15, 0.2) is 0 Å². The molecular weight excluding hydrogens is 238 g/mol. The lowest BCUT2D eigenvalue weighted by Crippen LogP contribution is -2.31. The zero-order chi connectivity index (χ0) is 13.4. The van der Waals surface area contributed by atoms with Gasteiger partial charge in [0.05, 0.1) is 0 Å². The second kappa shape index (κ2) is 7.81. The standard InChI is InChI=1S/C12H19NO5/c14-9-5-3-1-2-4-6-12(17)18-13-10(15)7-8-11(13)16/h14H,1-9H2. The molecule has 0 radical (unpaired) electrons. The van der Waals surface area contributed by atoms with Crippen molar-refractivity contribution in [2.24, 2.45) is 0 Å². The molecule has 6 heteroatoms. The van der Waals surface area contributed by atoms with Crippen molar-refractivity contribution < 1.29 is 24.3 Å². The molecule has 1 saturated heterocycles. The van der Waals surface area contributed by atoms with Crippen molar-refractivity contribution in [1.29, 1.82) is 0 Å². The predicted octanol–water partition coefficient (Wildman–Crippen LogP) is 0.926. The molecule has 18 heavy (non-hydrogen) atoms. The van der Waals surface area contributed by atoms with E-state index in [1.54, 1.807) is 0 Å². The highest BCUT2D eigenvalue weighted by atomic mass is 16.7. The molecule has 0 unspecified atom stereocenters. The lowest BCUT2D eigenvalue weighted by atomic mass is 10.1. The van der Waals surface area contributed by atoms with Gasteiger partial charge in [0, 0.05) is 25.9 Å². The van der Waals surface area contributed by atoms with Crippen LogP contribution in [0, 0.1) is 0 Å². The summed E-state index contributed by atoms with van der Waals surface area (Å²) in [6, 6.07) is 0. The number of amides is 2. The van der Waals surface area contributed by atoms with Crippen LogP contribution in [0.2, 0.25) is 0 Å². The summed E-state index contributed by atoms with van der Waals surface area (Å²) in [5.74, 6) is -1.44. The van der Waals surface area contributed by atoms with Crippen molar-refractivity contribution >= 4 is 17.8 Å². The fourth-order valence-corrected chi connectivity index (χ4v) is 1.72. The molecule has 0 aromatic rings.